The monoisotopic (exact) mass is 497 g/mol. The molecule has 0 saturated carbocycles. The standard InChI is InChI=1S/C22H23ClF3N5OS/c1-14(28-10-4-9-27)21-30-19(22(24,25)26)18(33-21)20(32)29-13-17(31-11-2-3-12-31)15-5-7-16(23)8-6-15/h4-10,17H,1-3,11-13,27H2,(H,29,32)/b9-4-,28-10-. The van der Waals surface area contributed by atoms with Crippen LogP contribution < -0.4 is 11.1 Å². The van der Waals surface area contributed by atoms with E-state index in [1.165, 1.54) is 18.5 Å². The molecule has 3 rings (SSSR count). The van der Waals surface area contributed by atoms with Gasteiger partial charge in [0.25, 0.3) is 5.91 Å². The summed E-state index contributed by atoms with van der Waals surface area (Å²) in [6.07, 6.45) is 1.14. The van der Waals surface area contributed by atoms with Gasteiger partial charge in [-0.2, -0.15) is 13.2 Å². The molecule has 1 atom stereocenters. The molecule has 1 fully saturated rings. The number of aromatic nitrogens is 1. The summed E-state index contributed by atoms with van der Waals surface area (Å²) < 4.78 is 40.8. The zero-order valence-electron chi connectivity index (χ0n) is 17.6. The Morgan fingerprint density at radius 1 is 1.33 bits per heavy atom. The van der Waals surface area contributed by atoms with Crippen LogP contribution in [0.2, 0.25) is 5.02 Å². The first-order chi connectivity index (χ1) is 15.7. The summed E-state index contributed by atoms with van der Waals surface area (Å²) in [6.45, 7) is 5.46. The van der Waals surface area contributed by atoms with E-state index in [2.05, 4.69) is 26.8 Å². The second kappa shape index (κ2) is 11.0. The number of alkyl halides is 3. The van der Waals surface area contributed by atoms with E-state index in [1.807, 2.05) is 12.1 Å². The molecule has 176 valence electrons. The Morgan fingerprint density at radius 3 is 2.61 bits per heavy atom. The number of carbonyl (C=O) groups is 1. The molecule has 2 aromatic rings. The van der Waals surface area contributed by atoms with Gasteiger partial charge in [-0.15, -0.1) is 11.3 Å². The first-order valence-corrected chi connectivity index (χ1v) is 11.4. The lowest BCUT2D eigenvalue weighted by Crippen LogP contribution is -2.37. The number of amides is 1. The molecule has 33 heavy (non-hydrogen) atoms. The lowest BCUT2D eigenvalue weighted by molar-refractivity contribution is -0.141. The van der Waals surface area contributed by atoms with Crippen molar-refractivity contribution in [2.45, 2.75) is 25.1 Å². The SMILES string of the molecule is C=C(/N=C\C=C/N)c1nc(C(F)(F)F)c(C(=O)NCC(c2ccc(Cl)cc2)N2CCCC2)s1. The summed E-state index contributed by atoms with van der Waals surface area (Å²) in [5.41, 5.74) is 4.88. The lowest BCUT2D eigenvalue weighted by atomic mass is 10.1. The van der Waals surface area contributed by atoms with Gasteiger partial charge >= 0.3 is 6.18 Å². The summed E-state index contributed by atoms with van der Waals surface area (Å²) in [4.78, 5) is 22.0. The average molecular weight is 498 g/mol. The van der Waals surface area contributed by atoms with Crippen LogP contribution in [0.15, 0.2) is 48.1 Å². The fourth-order valence-electron chi connectivity index (χ4n) is 3.49. The van der Waals surface area contributed by atoms with E-state index in [1.54, 1.807) is 12.1 Å². The van der Waals surface area contributed by atoms with Crippen LogP contribution in [0.1, 0.15) is 44.8 Å². The van der Waals surface area contributed by atoms with Gasteiger partial charge in [0, 0.05) is 17.8 Å². The van der Waals surface area contributed by atoms with Gasteiger partial charge in [0.2, 0.25) is 0 Å². The molecule has 1 amide bonds. The highest BCUT2D eigenvalue weighted by Gasteiger charge is 2.40. The number of nitrogens with zero attached hydrogens (tertiary/aromatic N) is 3. The fourth-order valence-corrected chi connectivity index (χ4v) is 4.54. The maximum absolute atomic E-state index is 13.6. The highest BCUT2D eigenvalue weighted by Crippen LogP contribution is 2.36. The van der Waals surface area contributed by atoms with E-state index in [9.17, 15) is 18.0 Å². The van der Waals surface area contributed by atoms with E-state index < -0.39 is 22.7 Å². The van der Waals surface area contributed by atoms with E-state index in [0.717, 1.165) is 31.5 Å². The Morgan fingerprint density at radius 2 is 2.00 bits per heavy atom. The number of aliphatic imine (C=N–C) groups is 1. The third-order valence-corrected chi connectivity index (χ3v) is 6.42. The van der Waals surface area contributed by atoms with Crippen LogP contribution in [-0.2, 0) is 6.18 Å². The van der Waals surface area contributed by atoms with Crippen LogP contribution >= 0.6 is 22.9 Å². The molecular weight excluding hydrogens is 475 g/mol. The Hall–Kier alpha value is -2.69. The molecule has 0 radical (unpaired) electrons. The molecule has 11 heteroatoms. The van der Waals surface area contributed by atoms with Gasteiger partial charge in [0.15, 0.2) is 5.69 Å². The normalized spacial score (nSPS) is 16.0. The molecule has 1 aliphatic heterocycles. The van der Waals surface area contributed by atoms with Crippen LogP contribution in [0.5, 0.6) is 0 Å². The molecule has 0 bridgehead atoms. The van der Waals surface area contributed by atoms with Gasteiger partial charge in [0.1, 0.15) is 9.88 Å². The number of benzene rings is 1. The van der Waals surface area contributed by atoms with Gasteiger partial charge < -0.3 is 11.1 Å². The maximum atomic E-state index is 13.6. The quantitative estimate of drug-likeness (QED) is 0.508. The molecule has 1 aromatic carbocycles. The van der Waals surface area contributed by atoms with Crippen molar-refractivity contribution < 1.29 is 18.0 Å². The summed E-state index contributed by atoms with van der Waals surface area (Å²) in [5, 5.41) is 3.16. The van der Waals surface area contributed by atoms with Crippen molar-refractivity contribution >= 4 is 40.8 Å². The van der Waals surface area contributed by atoms with Crippen LogP contribution in [0, 0.1) is 0 Å². The molecule has 1 aliphatic rings. The van der Waals surface area contributed by atoms with Crippen LogP contribution in [0.25, 0.3) is 5.70 Å². The number of thiazole rings is 1. The molecule has 1 unspecified atom stereocenters. The predicted molar refractivity (Wildman–Crippen MR) is 125 cm³/mol. The van der Waals surface area contributed by atoms with E-state index in [0.29, 0.717) is 16.4 Å². The first kappa shape index (κ1) is 24.9. The zero-order chi connectivity index (χ0) is 24.0. The Kier molecular flexibility index (Phi) is 8.28. The van der Waals surface area contributed by atoms with Gasteiger partial charge in [-0.25, -0.2) is 4.98 Å². The number of halogens is 4. The number of rotatable bonds is 8. The average Bonchev–Trinajstić information content (AvgIpc) is 3.45. The van der Waals surface area contributed by atoms with Crippen molar-refractivity contribution in [1.29, 1.82) is 0 Å². The van der Waals surface area contributed by atoms with Crippen molar-refractivity contribution in [3.05, 3.63) is 69.3 Å². The minimum atomic E-state index is -4.80. The molecule has 1 aromatic heterocycles. The minimum absolute atomic E-state index is 0.00115. The summed E-state index contributed by atoms with van der Waals surface area (Å²) in [7, 11) is 0. The number of hydrogen-bond acceptors (Lipinski definition) is 6. The highest BCUT2D eigenvalue weighted by atomic mass is 35.5. The van der Waals surface area contributed by atoms with Gasteiger partial charge in [-0.3, -0.25) is 14.7 Å². The molecule has 3 N–H and O–H groups in total. The van der Waals surface area contributed by atoms with Crippen molar-refractivity contribution in [1.82, 2.24) is 15.2 Å². The van der Waals surface area contributed by atoms with E-state index >= 15 is 0 Å². The summed E-state index contributed by atoms with van der Waals surface area (Å²) >= 11 is 6.59. The molecule has 0 spiro atoms. The predicted octanol–water partition coefficient (Wildman–Crippen LogP) is 4.90. The first-order valence-electron chi connectivity index (χ1n) is 10.2. The van der Waals surface area contributed by atoms with Gasteiger partial charge in [-0.1, -0.05) is 30.3 Å². The Labute approximate surface area is 198 Å². The van der Waals surface area contributed by atoms with Gasteiger partial charge in [0.05, 0.1) is 11.7 Å². The Bertz CT molecular complexity index is 1040. The van der Waals surface area contributed by atoms with Crippen molar-refractivity contribution in [2.24, 2.45) is 10.7 Å². The van der Waals surface area contributed by atoms with E-state index in [-0.39, 0.29) is 23.3 Å². The number of nitrogens with two attached hydrogens (primary N) is 1. The summed E-state index contributed by atoms with van der Waals surface area (Å²) in [5.74, 6) is -0.845. The second-order valence-corrected chi connectivity index (χ2v) is 8.76. The van der Waals surface area contributed by atoms with Crippen molar-refractivity contribution in [3.63, 3.8) is 0 Å². The number of nitrogens with one attached hydrogen (secondary N) is 1. The third kappa shape index (κ3) is 6.43. The largest absolute Gasteiger partial charge is 0.435 e. The van der Waals surface area contributed by atoms with Gasteiger partial charge in [-0.05, 0) is 55.9 Å². The topological polar surface area (TPSA) is 83.6 Å². The molecule has 1 saturated heterocycles. The molecule has 0 aliphatic carbocycles. The van der Waals surface area contributed by atoms with Crippen LogP contribution in [0.4, 0.5) is 13.2 Å². The molecular formula is C22H23ClF3N5OS. The lowest BCUT2D eigenvalue weighted by Gasteiger charge is -2.28. The number of allylic oxidation sites excluding steroid dienone is 1. The number of hydrogen-bond donors (Lipinski definition) is 2. The third-order valence-electron chi connectivity index (χ3n) is 5.07. The number of likely N-dealkylation sites (tertiary alicyclic amines) is 1. The van der Waals surface area contributed by atoms with Crippen LogP contribution in [0.3, 0.4) is 0 Å². The van der Waals surface area contributed by atoms with Crippen molar-refractivity contribution in [3.8, 4) is 0 Å². The fraction of sp³-hybridized carbons (Fsp3) is 0.318. The second-order valence-electron chi connectivity index (χ2n) is 7.32. The molecule has 6 nitrogen and oxygen atoms in total. The smallest absolute Gasteiger partial charge is 0.405 e. The highest BCUT2D eigenvalue weighted by molar-refractivity contribution is 7.14. The number of carbonyl (C=O) groups excluding carboxylic acids is 1. The van der Waals surface area contributed by atoms with Crippen LogP contribution in [-0.4, -0.2) is 41.6 Å². The zero-order valence-corrected chi connectivity index (χ0v) is 19.2. The summed E-state index contributed by atoms with van der Waals surface area (Å²) in [6, 6.07) is 7.05. The Balaban J connectivity index is 1.82. The minimum Gasteiger partial charge on any atom is -0.405 e. The maximum Gasteiger partial charge on any atom is 0.435 e. The van der Waals surface area contributed by atoms with Crippen molar-refractivity contribution in [2.75, 3.05) is 19.6 Å². The van der Waals surface area contributed by atoms with E-state index in [4.69, 9.17) is 17.3 Å². The molecule has 2 heterocycles.